The van der Waals surface area contributed by atoms with Gasteiger partial charge in [-0.25, -0.2) is 15.0 Å². The minimum atomic E-state index is 0.540. The van der Waals surface area contributed by atoms with Crippen LogP contribution in [0.15, 0.2) is 0 Å². The molecule has 2 saturated carbocycles. The first-order valence-corrected chi connectivity index (χ1v) is 10.1. The van der Waals surface area contributed by atoms with Crippen LogP contribution in [0.4, 0.5) is 0 Å². The number of rotatable bonds is 2. The molecule has 0 saturated heterocycles. The molecule has 2 heterocycles. The maximum atomic E-state index is 5.16. The Morgan fingerprint density at radius 2 is 1.29 bits per heavy atom. The third kappa shape index (κ3) is 3.33. The molecular weight excluding hydrogens is 296 g/mol. The Morgan fingerprint density at radius 3 is 1.92 bits per heavy atom. The molecule has 0 amide bonds. The molecule has 2 aliphatic rings. The lowest BCUT2D eigenvalue weighted by Gasteiger charge is -2.18. The molecule has 2 aromatic heterocycles. The minimum absolute atomic E-state index is 0.540. The average Bonchev–Trinajstić information content (AvgIpc) is 2.83. The Balaban J connectivity index is 1.74. The van der Waals surface area contributed by atoms with Crippen LogP contribution in [0.25, 0.3) is 11.2 Å². The van der Waals surface area contributed by atoms with Crippen LogP contribution in [0.5, 0.6) is 0 Å². The van der Waals surface area contributed by atoms with Gasteiger partial charge in [0, 0.05) is 11.8 Å². The molecule has 4 nitrogen and oxygen atoms in total. The zero-order valence-electron chi connectivity index (χ0n) is 15.0. The number of hydrogen-bond acceptors (Lipinski definition) is 3. The number of aromatic amines is 1. The van der Waals surface area contributed by atoms with Crippen LogP contribution in [0.2, 0.25) is 0 Å². The second-order valence-corrected chi connectivity index (χ2v) is 7.86. The molecule has 130 valence electrons. The molecule has 0 radical (unpaired) electrons. The Morgan fingerprint density at radius 1 is 0.708 bits per heavy atom. The highest BCUT2D eigenvalue weighted by molar-refractivity contribution is 5.74. The summed E-state index contributed by atoms with van der Waals surface area (Å²) in [7, 11) is 0. The van der Waals surface area contributed by atoms with Crippen LogP contribution < -0.4 is 0 Å². The van der Waals surface area contributed by atoms with Gasteiger partial charge in [0.25, 0.3) is 0 Å². The van der Waals surface area contributed by atoms with Crippen LogP contribution in [0, 0.1) is 6.92 Å². The molecule has 0 spiro atoms. The van der Waals surface area contributed by atoms with Gasteiger partial charge in [-0.05, 0) is 32.6 Å². The van der Waals surface area contributed by atoms with E-state index in [1.165, 1.54) is 82.7 Å². The van der Waals surface area contributed by atoms with Crippen molar-refractivity contribution in [1.82, 2.24) is 19.9 Å². The van der Waals surface area contributed by atoms with E-state index in [0.29, 0.717) is 11.8 Å². The molecule has 1 N–H and O–H groups in total. The van der Waals surface area contributed by atoms with E-state index in [2.05, 4.69) is 9.97 Å². The Hall–Kier alpha value is -1.45. The van der Waals surface area contributed by atoms with Gasteiger partial charge in [0.15, 0.2) is 5.65 Å². The van der Waals surface area contributed by atoms with Gasteiger partial charge in [-0.2, -0.15) is 0 Å². The van der Waals surface area contributed by atoms with Crippen molar-refractivity contribution in [2.45, 2.75) is 95.8 Å². The molecule has 2 aromatic rings. The molecule has 0 bridgehead atoms. The van der Waals surface area contributed by atoms with Crippen molar-refractivity contribution in [2.24, 2.45) is 0 Å². The van der Waals surface area contributed by atoms with E-state index in [1.54, 1.807) is 0 Å². The van der Waals surface area contributed by atoms with E-state index < -0.39 is 0 Å². The van der Waals surface area contributed by atoms with Gasteiger partial charge in [0.1, 0.15) is 17.2 Å². The van der Waals surface area contributed by atoms with E-state index in [4.69, 9.17) is 9.97 Å². The van der Waals surface area contributed by atoms with Crippen molar-refractivity contribution in [2.75, 3.05) is 0 Å². The smallest absolute Gasteiger partial charge is 0.181 e. The highest BCUT2D eigenvalue weighted by Crippen LogP contribution is 2.36. The standard InChI is InChI=1S/C20H30N4/c1-14-21-18-17(15-10-6-2-3-7-11-15)23-19(24-20(18)22-14)16-12-8-4-5-9-13-16/h15-16H,2-13H2,1H3,(H,21,22,23,24). The summed E-state index contributed by atoms with van der Waals surface area (Å²) in [5.41, 5.74) is 3.28. The highest BCUT2D eigenvalue weighted by atomic mass is 15.0. The van der Waals surface area contributed by atoms with Crippen molar-refractivity contribution in [3.8, 4) is 0 Å². The molecule has 4 rings (SSSR count). The molecule has 0 atom stereocenters. The monoisotopic (exact) mass is 326 g/mol. The van der Waals surface area contributed by atoms with Crippen LogP contribution in [0.3, 0.4) is 0 Å². The van der Waals surface area contributed by atoms with Crippen LogP contribution >= 0.6 is 0 Å². The highest BCUT2D eigenvalue weighted by Gasteiger charge is 2.24. The Labute approximate surface area is 144 Å². The zero-order chi connectivity index (χ0) is 16.4. The van der Waals surface area contributed by atoms with Gasteiger partial charge in [-0.3, -0.25) is 0 Å². The van der Waals surface area contributed by atoms with E-state index in [-0.39, 0.29) is 0 Å². The van der Waals surface area contributed by atoms with Gasteiger partial charge in [-0.1, -0.05) is 51.4 Å². The average molecular weight is 326 g/mol. The molecule has 4 heteroatoms. The summed E-state index contributed by atoms with van der Waals surface area (Å²) in [6, 6.07) is 0. The Bertz CT molecular complexity index is 674. The predicted octanol–water partition coefficient (Wildman–Crippen LogP) is 5.54. The van der Waals surface area contributed by atoms with Crippen molar-refractivity contribution in [3.63, 3.8) is 0 Å². The van der Waals surface area contributed by atoms with Crippen molar-refractivity contribution in [1.29, 1.82) is 0 Å². The summed E-state index contributed by atoms with van der Waals surface area (Å²) in [5.74, 6) is 3.17. The van der Waals surface area contributed by atoms with Gasteiger partial charge >= 0.3 is 0 Å². The fourth-order valence-electron chi connectivity index (χ4n) is 4.62. The third-order valence-corrected chi connectivity index (χ3v) is 5.98. The lowest BCUT2D eigenvalue weighted by Crippen LogP contribution is -2.10. The molecule has 0 aromatic carbocycles. The number of nitrogens with zero attached hydrogens (tertiary/aromatic N) is 3. The third-order valence-electron chi connectivity index (χ3n) is 5.98. The number of aryl methyl sites for hydroxylation is 1. The number of aromatic nitrogens is 4. The topological polar surface area (TPSA) is 54.5 Å². The summed E-state index contributed by atoms with van der Waals surface area (Å²) >= 11 is 0. The minimum Gasteiger partial charge on any atom is -0.339 e. The lowest BCUT2D eigenvalue weighted by molar-refractivity contribution is 0.541. The molecule has 2 fully saturated rings. The summed E-state index contributed by atoms with van der Waals surface area (Å²) in [6.45, 7) is 2.03. The molecule has 0 unspecified atom stereocenters. The Kier molecular flexibility index (Phi) is 4.81. The normalized spacial score (nSPS) is 21.7. The van der Waals surface area contributed by atoms with E-state index in [0.717, 1.165) is 22.8 Å². The molecular formula is C20H30N4. The fourth-order valence-corrected chi connectivity index (χ4v) is 4.62. The van der Waals surface area contributed by atoms with Crippen molar-refractivity contribution < 1.29 is 0 Å². The first kappa shape index (κ1) is 16.0. The second-order valence-electron chi connectivity index (χ2n) is 7.86. The second kappa shape index (κ2) is 7.20. The van der Waals surface area contributed by atoms with Gasteiger partial charge in [0.05, 0.1) is 5.69 Å². The summed E-state index contributed by atoms with van der Waals surface area (Å²) in [6.07, 6.45) is 15.9. The first-order chi connectivity index (χ1) is 11.8. The largest absolute Gasteiger partial charge is 0.339 e. The van der Waals surface area contributed by atoms with Crippen LogP contribution in [-0.4, -0.2) is 19.9 Å². The summed E-state index contributed by atoms with van der Waals surface area (Å²) < 4.78 is 0. The summed E-state index contributed by atoms with van der Waals surface area (Å²) in [5, 5.41) is 0. The van der Waals surface area contributed by atoms with E-state index >= 15 is 0 Å². The molecule has 0 aliphatic heterocycles. The number of imidazole rings is 1. The first-order valence-electron chi connectivity index (χ1n) is 10.1. The molecule has 2 aliphatic carbocycles. The van der Waals surface area contributed by atoms with Gasteiger partial charge in [0.2, 0.25) is 0 Å². The maximum Gasteiger partial charge on any atom is 0.181 e. The van der Waals surface area contributed by atoms with Gasteiger partial charge < -0.3 is 4.98 Å². The summed E-state index contributed by atoms with van der Waals surface area (Å²) in [4.78, 5) is 18.2. The quantitative estimate of drug-likeness (QED) is 0.737. The van der Waals surface area contributed by atoms with Crippen molar-refractivity contribution in [3.05, 3.63) is 17.3 Å². The van der Waals surface area contributed by atoms with Crippen LogP contribution in [0.1, 0.15) is 106 Å². The maximum absolute atomic E-state index is 5.16. The SMILES string of the molecule is Cc1nc2nc(C3CCCCCC3)nc(C3CCCCCC3)c2[nH]1. The van der Waals surface area contributed by atoms with Crippen molar-refractivity contribution >= 4 is 11.2 Å². The van der Waals surface area contributed by atoms with Gasteiger partial charge in [-0.15, -0.1) is 0 Å². The number of hydrogen-bond donors (Lipinski definition) is 1. The number of fused-ring (bicyclic) bond motifs is 1. The number of H-pyrrole nitrogens is 1. The predicted molar refractivity (Wildman–Crippen MR) is 97.3 cm³/mol. The van der Waals surface area contributed by atoms with E-state index in [1.807, 2.05) is 6.92 Å². The number of nitrogens with one attached hydrogen (secondary N) is 1. The lowest BCUT2D eigenvalue weighted by atomic mass is 9.94. The van der Waals surface area contributed by atoms with Crippen LogP contribution in [-0.2, 0) is 0 Å². The zero-order valence-corrected chi connectivity index (χ0v) is 15.0. The molecule has 24 heavy (non-hydrogen) atoms. The fraction of sp³-hybridized carbons (Fsp3) is 0.750. The van der Waals surface area contributed by atoms with E-state index in [9.17, 15) is 0 Å².